The lowest BCUT2D eigenvalue weighted by atomic mass is 9.98. The molecule has 0 heterocycles. The van der Waals surface area contributed by atoms with Crippen molar-refractivity contribution in [2.45, 2.75) is 13.8 Å². The highest BCUT2D eigenvalue weighted by Gasteiger charge is 2.18. The summed E-state index contributed by atoms with van der Waals surface area (Å²) >= 11 is 0. The number of rotatable bonds is 9. The predicted octanol–water partition coefficient (Wildman–Crippen LogP) is 2.14. The number of carbonyl (C=O) groups is 1. The number of methoxy groups -OCH3 is 1. The third kappa shape index (κ3) is 5.01. The summed E-state index contributed by atoms with van der Waals surface area (Å²) in [5.74, 6) is 0.675. The number of carbonyl (C=O) groups excluding carboxylic acids is 1. The zero-order valence-corrected chi connectivity index (χ0v) is 11.9. The highest BCUT2D eigenvalue weighted by molar-refractivity contribution is 6.00. The summed E-state index contributed by atoms with van der Waals surface area (Å²) in [6.07, 6.45) is 0. The molecule has 0 radical (unpaired) electrons. The van der Waals surface area contributed by atoms with Gasteiger partial charge in [0.05, 0.1) is 12.2 Å². The summed E-state index contributed by atoms with van der Waals surface area (Å²) in [6.45, 7) is 6.46. The Bertz CT molecular complexity index is 393. The molecule has 1 N–H and O–H groups in total. The Morgan fingerprint density at radius 3 is 2.74 bits per heavy atom. The topological polar surface area (TPSA) is 47.6 Å². The van der Waals surface area contributed by atoms with E-state index in [4.69, 9.17) is 9.47 Å². The summed E-state index contributed by atoms with van der Waals surface area (Å²) in [7, 11) is 1.62. The fraction of sp³-hybridized carbons (Fsp3) is 0.533. The van der Waals surface area contributed by atoms with E-state index in [-0.39, 0.29) is 11.7 Å². The number of para-hydroxylation sites is 1. The van der Waals surface area contributed by atoms with Crippen LogP contribution in [0.15, 0.2) is 24.3 Å². The van der Waals surface area contributed by atoms with Gasteiger partial charge in [-0.05, 0) is 18.7 Å². The van der Waals surface area contributed by atoms with Crippen molar-refractivity contribution in [3.8, 4) is 5.75 Å². The molecule has 0 aromatic heterocycles. The fourth-order valence-electron chi connectivity index (χ4n) is 1.75. The Kier molecular flexibility index (Phi) is 7.15. The summed E-state index contributed by atoms with van der Waals surface area (Å²) in [6, 6.07) is 7.36. The second-order valence-corrected chi connectivity index (χ2v) is 4.41. The van der Waals surface area contributed by atoms with Gasteiger partial charge >= 0.3 is 0 Å². The van der Waals surface area contributed by atoms with Crippen molar-refractivity contribution in [1.82, 2.24) is 5.32 Å². The molecule has 0 spiro atoms. The lowest BCUT2D eigenvalue weighted by Crippen LogP contribution is -2.26. The lowest BCUT2D eigenvalue weighted by Gasteiger charge is -2.14. The van der Waals surface area contributed by atoms with Crippen LogP contribution >= 0.6 is 0 Å². The largest absolute Gasteiger partial charge is 0.490 e. The molecule has 1 rings (SSSR count). The monoisotopic (exact) mass is 265 g/mol. The third-order valence-electron chi connectivity index (χ3n) is 2.85. The van der Waals surface area contributed by atoms with E-state index in [1.54, 1.807) is 7.11 Å². The van der Waals surface area contributed by atoms with Crippen molar-refractivity contribution in [2.75, 3.05) is 33.4 Å². The van der Waals surface area contributed by atoms with Crippen LogP contribution in [0, 0.1) is 5.92 Å². The maximum absolute atomic E-state index is 12.4. The first-order valence-electron chi connectivity index (χ1n) is 6.66. The summed E-state index contributed by atoms with van der Waals surface area (Å²) in [5, 5.41) is 3.19. The van der Waals surface area contributed by atoms with E-state index >= 15 is 0 Å². The van der Waals surface area contributed by atoms with Crippen molar-refractivity contribution in [3.63, 3.8) is 0 Å². The summed E-state index contributed by atoms with van der Waals surface area (Å²) in [5.41, 5.74) is 0.643. The van der Waals surface area contributed by atoms with E-state index in [0.717, 1.165) is 6.54 Å². The second kappa shape index (κ2) is 8.67. The average molecular weight is 265 g/mol. The predicted molar refractivity (Wildman–Crippen MR) is 75.9 cm³/mol. The van der Waals surface area contributed by atoms with Crippen molar-refractivity contribution in [1.29, 1.82) is 0 Å². The highest BCUT2D eigenvalue weighted by Crippen LogP contribution is 2.21. The number of nitrogens with one attached hydrogen (secondary N) is 1. The SMILES string of the molecule is CCNCC(C)C(=O)c1ccccc1OCCOC. The molecule has 1 aromatic rings. The molecule has 0 fully saturated rings. The molecule has 1 atom stereocenters. The van der Waals surface area contributed by atoms with Gasteiger partial charge in [0.1, 0.15) is 12.4 Å². The lowest BCUT2D eigenvalue weighted by molar-refractivity contribution is 0.0921. The van der Waals surface area contributed by atoms with Crippen LogP contribution in [0.5, 0.6) is 5.75 Å². The molecule has 1 unspecified atom stereocenters. The minimum Gasteiger partial charge on any atom is -0.490 e. The van der Waals surface area contributed by atoms with Gasteiger partial charge in [-0.3, -0.25) is 4.79 Å². The molecule has 106 valence electrons. The van der Waals surface area contributed by atoms with E-state index in [1.807, 2.05) is 38.1 Å². The van der Waals surface area contributed by atoms with Gasteiger partial charge in [-0.2, -0.15) is 0 Å². The minimum atomic E-state index is -0.0628. The molecular weight excluding hydrogens is 242 g/mol. The zero-order chi connectivity index (χ0) is 14.1. The van der Waals surface area contributed by atoms with Gasteiger partial charge in [-0.15, -0.1) is 0 Å². The quantitative estimate of drug-likeness (QED) is 0.549. The molecule has 0 aliphatic heterocycles. The Morgan fingerprint density at radius 2 is 2.05 bits per heavy atom. The van der Waals surface area contributed by atoms with Crippen LogP contribution in [0.1, 0.15) is 24.2 Å². The normalized spacial score (nSPS) is 12.2. The molecule has 0 aliphatic carbocycles. The van der Waals surface area contributed by atoms with E-state index in [1.165, 1.54) is 0 Å². The molecule has 0 saturated carbocycles. The number of benzene rings is 1. The standard InChI is InChI=1S/C15H23NO3/c1-4-16-11-12(2)15(17)13-7-5-6-8-14(13)19-10-9-18-3/h5-8,12,16H,4,9-11H2,1-3H3. The van der Waals surface area contributed by atoms with Gasteiger partial charge in [0, 0.05) is 19.6 Å². The van der Waals surface area contributed by atoms with Crippen LogP contribution in [0.3, 0.4) is 0 Å². The van der Waals surface area contributed by atoms with E-state index in [9.17, 15) is 4.79 Å². The summed E-state index contributed by atoms with van der Waals surface area (Å²) < 4.78 is 10.5. The maximum Gasteiger partial charge on any atom is 0.170 e. The minimum absolute atomic E-state index is 0.0628. The molecule has 4 heteroatoms. The van der Waals surface area contributed by atoms with Crippen LogP contribution in [-0.4, -0.2) is 39.2 Å². The molecule has 19 heavy (non-hydrogen) atoms. The van der Waals surface area contributed by atoms with Crippen molar-refractivity contribution < 1.29 is 14.3 Å². The molecular formula is C15H23NO3. The highest BCUT2D eigenvalue weighted by atomic mass is 16.5. The molecule has 0 aliphatic rings. The molecule has 0 bridgehead atoms. The van der Waals surface area contributed by atoms with E-state index in [0.29, 0.717) is 31.1 Å². The second-order valence-electron chi connectivity index (χ2n) is 4.41. The van der Waals surface area contributed by atoms with Gasteiger partial charge in [0.2, 0.25) is 0 Å². The van der Waals surface area contributed by atoms with Crippen molar-refractivity contribution in [3.05, 3.63) is 29.8 Å². The van der Waals surface area contributed by atoms with Crippen LogP contribution in [-0.2, 0) is 4.74 Å². The fourth-order valence-corrected chi connectivity index (χ4v) is 1.75. The number of Topliss-reactive ketones (excluding diaryl/α,β-unsaturated/α-hetero) is 1. The van der Waals surface area contributed by atoms with Crippen molar-refractivity contribution in [2.24, 2.45) is 5.92 Å². The molecule has 0 saturated heterocycles. The number of hydrogen-bond acceptors (Lipinski definition) is 4. The Balaban J connectivity index is 2.72. The molecule has 4 nitrogen and oxygen atoms in total. The first-order valence-corrected chi connectivity index (χ1v) is 6.66. The Labute approximate surface area is 115 Å². The molecule has 1 aromatic carbocycles. The van der Waals surface area contributed by atoms with Gasteiger partial charge in [0.25, 0.3) is 0 Å². The van der Waals surface area contributed by atoms with Crippen LogP contribution in [0.4, 0.5) is 0 Å². The molecule has 0 amide bonds. The van der Waals surface area contributed by atoms with Gasteiger partial charge in [-0.1, -0.05) is 26.0 Å². The Hall–Kier alpha value is -1.39. The Morgan fingerprint density at radius 1 is 1.32 bits per heavy atom. The van der Waals surface area contributed by atoms with E-state index < -0.39 is 0 Å². The third-order valence-corrected chi connectivity index (χ3v) is 2.85. The average Bonchev–Trinajstić information content (AvgIpc) is 2.44. The van der Waals surface area contributed by atoms with Gasteiger partial charge in [-0.25, -0.2) is 0 Å². The van der Waals surface area contributed by atoms with Gasteiger partial charge in [0.15, 0.2) is 5.78 Å². The van der Waals surface area contributed by atoms with E-state index in [2.05, 4.69) is 5.32 Å². The van der Waals surface area contributed by atoms with Crippen molar-refractivity contribution >= 4 is 5.78 Å². The number of ketones is 1. The van der Waals surface area contributed by atoms with Crippen LogP contribution in [0.2, 0.25) is 0 Å². The number of ether oxygens (including phenoxy) is 2. The summed E-state index contributed by atoms with van der Waals surface area (Å²) in [4.78, 5) is 12.4. The zero-order valence-electron chi connectivity index (χ0n) is 11.9. The smallest absolute Gasteiger partial charge is 0.170 e. The first kappa shape index (κ1) is 15.7. The maximum atomic E-state index is 12.4. The van der Waals surface area contributed by atoms with Gasteiger partial charge < -0.3 is 14.8 Å². The number of hydrogen-bond donors (Lipinski definition) is 1. The first-order chi connectivity index (χ1) is 9.20. The van der Waals surface area contributed by atoms with Crippen LogP contribution < -0.4 is 10.1 Å². The van der Waals surface area contributed by atoms with Crippen LogP contribution in [0.25, 0.3) is 0 Å².